The summed E-state index contributed by atoms with van der Waals surface area (Å²) in [5, 5.41) is 2.90. The molecule has 0 fully saturated rings. The van der Waals surface area contributed by atoms with Crippen LogP contribution < -0.4 is 19.7 Å². The van der Waals surface area contributed by atoms with E-state index in [1.54, 1.807) is 23.1 Å². The summed E-state index contributed by atoms with van der Waals surface area (Å²) in [6, 6.07) is 11.2. The predicted molar refractivity (Wildman–Crippen MR) is 99.8 cm³/mol. The second-order valence-electron chi connectivity index (χ2n) is 6.32. The highest BCUT2D eigenvalue weighted by molar-refractivity contribution is 5.95. The highest BCUT2D eigenvalue weighted by atomic mass is 16.7. The van der Waals surface area contributed by atoms with Crippen LogP contribution in [-0.2, 0) is 9.59 Å². The molecular formula is C20H22N2O4. The Hall–Kier alpha value is -3.02. The molecule has 26 heavy (non-hydrogen) atoms. The quantitative estimate of drug-likeness (QED) is 0.893. The standard InChI is InChI=1S/C20H22N2O4/c1-13-4-6-17(14(2)10-13)21-20(24)8-9-22(15(3)23)16-5-7-18-19(11-16)26-12-25-18/h4-7,10-11H,8-9,12H2,1-3H3,(H,21,24). The van der Waals surface area contributed by atoms with Crippen LogP contribution in [0.3, 0.4) is 0 Å². The molecule has 1 aliphatic rings. The summed E-state index contributed by atoms with van der Waals surface area (Å²) in [5.41, 5.74) is 3.63. The number of nitrogens with zero attached hydrogens (tertiary/aromatic N) is 1. The fraction of sp³-hybridized carbons (Fsp3) is 0.300. The van der Waals surface area contributed by atoms with E-state index in [0.29, 0.717) is 17.2 Å². The Kier molecular flexibility index (Phi) is 5.11. The molecule has 0 saturated carbocycles. The summed E-state index contributed by atoms with van der Waals surface area (Å²) in [4.78, 5) is 25.9. The van der Waals surface area contributed by atoms with E-state index in [0.717, 1.165) is 16.8 Å². The zero-order valence-corrected chi connectivity index (χ0v) is 15.2. The Morgan fingerprint density at radius 1 is 1.08 bits per heavy atom. The highest BCUT2D eigenvalue weighted by Crippen LogP contribution is 2.35. The molecule has 0 aliphatic carbocycles. The van der Waals surface area contributed by atoms with Gasteiger partial charge in [0.15, 0.2) is 11.5 Å². The molecule has 2 amide bonds. The molecule has 0 saturated heterocycles. The van der Waals surface area contributed by atoms with Gasteiger partial charge < -0.3 is 19.7 Å². The minimum Gasteiger partial charge on any atom is -0.454 e. The lowest BCUT2D eigenvalue weighted by Gasteiger charge is -2.21. The number of amides is 2. The van der Waals surface area contributed by atoms with Crippen molar-refractivity contribution in [3.63, 3.8) is 0 Å². The number of anilines is 2. The molecule has 0 unspecified atom stereocenters. The minimum absolute atomic E-state index is 0.135. The maximum absolute atomic E-state index is 12.3. The average Bonchev–Trinajstić information content (AvgIpc) is 3.05. The topological polar surface area (TPSA) is 67.9 Å². The van der Waals surface area contributed by atoms with Crippen LogP contribution in [0.4, 0.5) is 11.4 Å². The van der Waals surface area contributed by atoms with Gasteiger partial charge in [-0.25, -0.2) is 0 Å². The first-order valence-corrected chi connectivity index (χ1v) is 8.49. The molecule has 0 bridgehead atoms. The van der Waals surface area contributed by atoms with Crippen LogP contribution >= 0.6 is 0 Å². The van der Waals surface area contributed by atoms with E-state index < -0.39 is 0 Å². The number of benzene rings is 2. The van der Waals surface area contributed by atoms with Gasteiger partial charge in [-0.2, -0.15) is 0 Å². The van der Waals surface area contributed by atoms with Crippen LogP contribution in [0, 0.1) is 13.8 Å². The zero-order chi connectivity index (χ0) is 18.7. The third-order valence-corrected chi connectivity index (χ3v) is 4.27. The molecule has 3 rings (SSSR count). The largest absolute Gasteiger partial charge is 0.454 e. The predicted octanol–water partition coefficient (Wildman–Crippen LogP) is 3.41. The van der Waals surface area contributed by atoms with E-state index in [1.807, 2.05) is 32.0 Å². The number of hydrogen-bond donors (Lipinski definition) is 1. The van der Waals surface area contributed by atoms with Crippen LogP contribution in [0.5, 0.6) is 11.5 Å². The Morgan fingerprint density at radius 2 is 1.85 bits per heavy atom. The van der Waals surface area contributed by atoms with Crippen LogP contribution in [0.25, 0.3) is 0 Å². The third kappa shape index (κ3) is 3.96. The first kappa shape index (κ1) is 17.8. The van der Waals surface area contributed by atoms with Gasteiger partial charge in [-0.1, -0.05) is 17.7 Å². The molecule has 2 aromatic carbocycles. The summed E-state index contributed by atoms with van der Waals surface area (Å²) in [6.45, 7) is 5.90. The number of rotatable bonds is 5. The normalized spacial score (nSPS) is 12.0. The summed E-state index contributed by atoms with van der Waals surface area (Å²) in [6.07, 6.45) is 0.196. The Balaban J connectivity index is 1.65. The second kappa shape index (κ2) is 7.47. The first-order chi connectivity index (χ1) is 12.4. The van der Waals surface area contributed by atoms with Gasteiger partial charge >= 0.3 is 0 Å². The monoisotopic (exact) mass is 354 g/mol. The Labute approximate surface area is 152 Å². The van der Waals surface area contributed by atoms with Gasteiger partial charge in [-0.15, -0.1) is 0 Å². The van der Waals surface area contributed by atoms with Gasteiger partial charge in [0.25, 0.3) is 0 Å². The van der Waals surface area contributed by atoms with Gasteiger partial charge in [0.2, 0.25) is 18.6 Å². The SMILES string of the molecule is CC(=O)N(CCC(=O)Nc1ccc(C)cc1C)c1ccc2c(c1)OCO2. The Bertz CT molecular complexity index is 848. The van der Waals surface area contributed by atoms with Gasteiger partial charge in [0.05, 0.1) is 0 Å². The molecule has 0 spiro atoms. The van der Waals surface area contributed by atoms with Crippen LogP contribution in [0.1, 0.15) is 24.5 Å². The van der Waals surface area contributed by atoms with Crippen molar-refractivity contribution in [2.75, 3.05) is 23.6 Å². The van der Waals surface area contributed by atoms with E-state index in [9.17, 15) is 9.59 Å². The summed E-state index contributed by atoms with van der Waals surface area (Å²) < 4.78 is 10.6. The number of fused-ring (bicyclic) bond motifs is 1. The average molecular weight is 354 g/mol. The van der Waals surface area contributed by atoms with Gasteiger partial charge in [0.1, 0.15) is 0 Å². The Morgan fingerprint density at radius 3 is 2.58 bits per heavy atom. The van der Waals surface area contributed by atoms with Gasteiger partial charge in [0, 0.05) is 37.3 Å². The molecule has 1 N–H and O–H groups in total. The molecule has 2 aromatic rings. The fourth-order valence-electron chi connectivity index (χ4n) is 2.90. The molecule has 1 heterocycles. The first-order valence-electron chi connectivity index (χ1n) is 8.49. The lowest BCUT2D eigenvalue weighted by atomic mass is 10.1. The number of hydrogen-bond acceptors (Lipinski definition) is 4. The van der Waals surface area contributed by atoms with Crippen molar-refractivity contribution < 1.29 is 19.1 Å². The van der Waals surface area contributed by atoms with Crippen molar-refractivity contribution in [1.29, 1.82) is 0 Å². The lowest BCUT2D eigenvalue weighted by Crippen LogP contribution is -2.32. The molecule has 0 aromatic heterocycles. The van der Waals surface area contributed by atoms with E-state index in [2.05, 4.69) is 5.32 Å². The van der Waals surface area contributed by atoms with Gasteiger partial charge in [-0.05, 0) is 37.6 Å². The van der Waals surface area contributed by atoms with Crippen LogP contribution in [0.15, 0.2) is 36.4 Å². The molecule has 6 heteroatoms. The fourth-order valence-corrected chi connectivity index (χ4v) is 2.90. The van der Waals surface area contributed by atoms with E-state index in [4.69, 9.17) is 9.47 Å². The van der Waals surface area contributed by atoms with Crippen molar-refractivity contribution in [2.24, 2.45) is 0 Å². The van der Waals surface area contributed by atoms with Gasteiger partial charge in [-0.3, -0.25) is 9.59 Å². The van der Waals surface area contributed by atoms with Crippen molar-refractivity contribution in [2.45, 2.75) is 27.2 Å². The summed E-state index contributed by atoms with van der Waals surface area (Å²) in [7, 11) is 0. The zero-order valence-electron chi connectivity index (χ0n) is 15.2. The number of carbonyl (C=O) groups excluding carboxylic acids is 2. The molecule has 0 atom stereocenters. The molecule has 1 aliphatic heterocycles. The molecule has 6 nitrogen and oxygen atoms in total. The molecule has 0 radical (unpaired) electrons. The second-order valence-corrected chi connectivity index (χ2v) is 6.32. The third-order valence-electron chi connectivity index (χ3n) is 4.27. The van der Waals surface area contributed by atoms with E-state index in [-0.39, 0.29) is 31.6 Å². The van der Waals surface area contributed by atoms with Crippen LogP contribution in [0.2, 0.25) is 0 Å². The smallest absolute Gasteiger partial charge is 0.231 e. The van der Waals surface area contributed by atoms with Crippen molar-refractivity contribution in [3.05, 3.63) is 47.5 Å². The molecular weight excluding hydrogens is 332 g/mol. The molecule has 136 valence electrons. The van der Waals surface area contributed by atoms with E-state index >= 15 is 0 Å². The lowest BCUT2D eigenvalue weighted by molar-refractivity contribution is -0.117. The maximum Gasteiger partial charge on any atom is 0.231 e. The number of aryl methyl sites for hydroxylation is 2. The summed E-state index contributed by atoms with van der Waals surface area (Å²) in [5.74, 6) is 0.991. The summed E-state index contributed by atoms with van der Waals surface area (Å²) >= 11 is 0. The number of carbonyl (C=O) groups is 2. The number of ether oxygens (including phenoxy) is 2. The van der Waals surface area contributed by atoms with Crippen LogP contribution in [-0.4, -0.2) is 25.2 Å². The number of nitrogens with one attached hydrogen (secondary N) is 1. The maximum atomic E-state index is 12.3. The van der Waals surface area contributed by atoms with Crippen molar-refractivity contribution in [3.8, 4) is 11.5 Å². The van der Waals surface area contributed by atoms with Crippen molar-refractivity contribution >= 4 is 23.2 Å². The van der Waals surface area contributed by atoms with E-state index in [1.165, 1.54) is 6.92 Å². The minimum atomic E-state index is -0.136. The van der Waals surface area contributed by atoms with Crippen molar-refractivity contribution in [1.82, 2.24) is 0 Å². The highest BCUT2D eigenvalue weighted by Gasteiger charge is 2.19.